The Kier molecular flexibility index (Phi) is 5.65. The first kappa shape index (κ1) is 15.4. The highest BCUT2D eigenvalue weighted by atomic mass is 16.5. The Balaban J connectivity index is 1.83. The second-order valence-corrected chi connectivity index (χ2v) is 5.18. The zero-order valence-corrected chi connectivity index (χ0v) is 12.4. The van der Waals surface area contributed by atoms with Gasteiger partial charge in [-0.25, -0.2) is 0 Å². The molecule has 1 heterocycles. The molecule has 1 aliphatic rings. The van der Waals surface area contributed by atoms with Gasteiger partial charge < -0.3 is 14.4 Å². The molecule has 0 atom stereocenters. The molecule has 1 aliphatic heterocycles. The molecule has 0 unspecified atom stereocenters. The molecule has 0 spiro atoms. The van der Waals surface area contributed by atoms with Crippen molar-refractivity contribution in [2.24, 2.45) is 5.92 Å². The van der Waals surface area contributed by atoms with Crippen molar-refractivity contribution in [3.8, 4) is 18.1 Å². The Hall–Kier alpha value is -1.99. The number of amides is 1. The van der Waals surface area contributed by atoms with Gasteiger partial charge in [0, 0.05) is 18.7 Å². The van der Waals surface area contributed by atoms with E-state index in [-0.39, 0.29) is 5.91 Å². The molecule has 0 radical (unpaired) electrons. The number of ether oxygens (including phenoxy) is 2. The number of hydrogen-bond donors (Lipinski definition) is 0. The zero-order valence-electron chi connectivity index (χ0n) is 12.4. The lowest BCUT2D eigenvalue weighted by atomic mass is 9.97. The van der Waals surface area contributed by atoms with Crippen molar-refractivity contribution in [2.75, 3.05) is 33.4 Å². The third kappa shape index (κ3) is 4.24. The molecular formula is C17H21NO3. The number of hydrogen-bond acceptors (Lipinski definition) is 3. The minimum absolute atomic E-state index is 0.0839. The third-order valence-electron chi connectivity index (χ3n) is 3.78. The summed E-state index contributed by atoms with van der Waals surface area (Å²) in [7, 11) is 1.61. The molecule has 4 nitrogen and oxygen atoms in total. The third-order valence-corrected chi connectivity index (χ3v) is 3.78. The van der Waals surface area contributed by atoms with E-state index in [0.717, 1.165) is 31.7 Å². The summed E-state index contributed by atoms with van der Waals surface area (Å²) in [5.74, 6) is 3.81. The molecular weight excluding hydrogens is 266 g/mol. The summed E-state index contributed by atoms with van der Waals surface area (Å²) in [6.45, 7) is 2.60. The monoisotopic (exact) mass is 287 g/mol. The van der Waals surface area contributed by atoms with E-state index in [4.69, 9.17) is 15.9 Å². The molecule has 0 aliphatic carbocycles. The molecule has 1 aromatic carbocycles. The Morgan fingerprint density at radius 1 is 1.33 bits per heavy atom. The Morgan fingerprint density at radius 3 is 2.57 bits per heavy atom. The maximum Gasteiger partial charge on any atom is 0.253 e. The van der Waals surface area contributed by atoms with Gasteiger partial charge in [0.1, 0.15) is 12.4 Å². The van der Waals surface area contributed by atoms with E-state index in [9.17, 15) is 4.79 Å². The van der Waals surface area contributed by atoms with E-state index in [2.05, 4.69) is 5.92 Å². The molecule has 2 rings (SSSR count). The van der Waals surface area contributed by atoms with Crippen LogP contribution in [0, 0.1) is 18.3 Å². The number of carbonyl (C=O) groups is 1. The van der Waals surface area contributed by atoms with Crippen LogP contribution in [-0.2, 0) is 4.74 Å². The summed E-state index contributed by atoms with van der Waals surface area (Å²) in [5, 5.41) is 0. The fraction of sp³-hybridized carbons (Fsp3) is 0.471. The Labute approximate surface area is 126 Å². The van der Waals surface area contributed by atoms with Crippen LogP contribution in [0.2, 0.25) is 0 Å². The molecule has 4 heteroatoms. The van der Waals surface area contributed by atoms with Gasteiger partial charge in [0.15, 0.2) is 0 Å². The lowest BCUT2D eigenvalue weighted by molar-refractivity contribution is 0.0582. The van der Waals surface area contributed by atoms with Gasteiger partial charge in [0.25, 0.3) is 5.91 Å². The normalized spacial score (nSPS) is 15.5. The topological polar surface area (TPSA) is 38.8 Å². The largest absolute Gasteiger partial charge is 0.497 e. The van der Waals surface area contributed by atoms with Gasteiger partial charge in [0.2, 0.25) is 0 Å². The Morgan fingerprint density at radius 2 is 2.00 bits per heavy atom. The van der Waals surface area contributed by atoms with Crippen molar-refractivity contribution in [3.05, 3.63) is 29.8 Å². The first-order valence-corrected chi connectivity index (χ1v) is 7.19. The van der Waals surface area contributed by atoms with Crippen LogP contribution in [0.3, 0.4) is 0 Å². The highest BCUT2D eigenvalue weighted by Crippen LogP contribution is 2.20. The van der Waals surface area contributed by atoms with Crippen molar-refractivity contribution in [3.63, 3.8) is 0 Å². The minimum Gasteiger partial charge on any atom is -0.497 e. The summed E-state index contributed by atoms with van der Waals surface area (Å²) in [5.41, 5.74) is 0.706. The molecule has 1 aromatic rings. The molecule has 0 N–H and O–H groups in total. The Bertz CT molecular complexity index is 496. The van der Waals surface area contributed by atoms with Gasteiger partial charge in [-0.15, -0.1) is 6.42 Å². The second-order valence-electron chi connectivity index (χ2n) is 5.18. The maximum absolute atomic E-state index is 12.4. The van der Waals surface area contributed by atoms with Crippen molar-refractivity contribution in [1.29, 1.82) is 0 Å². The van der Waals surface area contributed by atoms with Crippen molar-refractivity contribution in [2.45, 2.75) is 12.8 Å². The highest BCUT2D eigenvalue weighted by Gasteiger charge is 2.23. The molecule has 21 heavy (non-hydrogen) atoms. The van der Waals surface area contributed by atoms with E-state index < -0.39 is 0 Å². The van der Waals surface area contributed by atoms with E-state index in [0.29, 0.717) is 24.7 Å². The maximum atomic E-state index is 12.4. The van der Waals surface area contributed by atoms with Crippen molar-refractivity contribution < 1.29 is 14.3 Å². The van der Waals surface area contributed by atoms with Gasteiger partial charge in [-0.05, 0) is 43.0 Å². The van der Waals surface area contributed by atoms with E-state index in [1.54, 1.807) is 7.11 Å². The van der Waals surface area contributed by atoms with Gasteiger partial charge >= 0.3 is 0 Å². The first-order valence-electron chi connectivity index (χ1n) is 7.19. The van der Waals surface area contributed by atoms with Gasteiger partial charge in [-0.2, -0.15) is 0 Å². The molecule has 0 bridgehead atoms. The van der Waals surface area contributed by atoms with Crippen LogP contribution >= 0.6 is 0 Å². The summed E-state index contributed by atoms with van der Waals surface area (Å²) in [6, 6.07) is 7.24. The van der Waals surface area contributed by atoms with Gasteiger partial charge in [-0.3, -0.25) is 4.79 Å². The quantitative estimate of drug-likeness (QED) is 0.615. The number of benzene rings is 1. The van der Waals surface area contributed by atoms with Crippen LogP contribution in [0.5, 0.6) is 5.75 Å². The van der Waals surface area contributed by atoms with Gasteiger partial charge in [0.05, 0.1) is 13.7 Å². The number of piperidine rings is 1. The molecule has 0 aromatic heterocycles. The fourth-order valence-corrected chi connectivity index (χ4v) is 2.50. The number of terminal acetylenes is 1. The lowest BCUT2D eigenvalue weighted by Crippen LogP contribution is -2.39. The summed E-state index contributed by atoms with van der Waals surface area (Å²) >= 11 is 0. The molecule has 1 amide bonds. The average molecular weight is 287 g/mol. The van der Waals surface area contributed by atoms with Crippen LogP contribution in [0.15, 0.2) is 24.3 Å². The van der Waals surface area contributed by atoms with Crippen LogP contribution in [-0.4, -0.2) is 44.2 Å². The molecule has 1 fully saturated rings. The molecule has 112 valence electrons. The van der Waals surface area contributed by atoms with Crippen LogP contribution in [0.25, 0.3) is 0 Å². The average Bonchev–Trinajstić information content (AvgIpc) is 2.55. The summed E-state index contributed by atoms with van der Waals surface area (Å²) in [4.78, 5) is 14.3. The first-order chi connectivity index (χ1) is 10.2. The number of rotatable bonds is 5. The van der Waals surface area contributed by atoms with E-state index >= 15 is 0 Å². The SMILES string of the molecule is C#CCOCC1CCN(C(=O)c2ccc(OC)cc2)CC1. The number of nitrogens with zero attached hydrogens (tertiary/aromatic N) is 1. The van der Waals surface area contributed by atoms with Crippen molar-refractivity contribution >= 4 is 5.91 Å². The number of methoxy groups -OCH3 is 1. The lowest BCUT2D eigenvalue weighted by Gasteiger charge is -2.31. The van der Waals surface area contributed by atoms with Crippen molar-refractivity contribution in [1.82, 2.24) is 4.90 Å². The molecule has 0 saturated carbocycles. The van der Waals surface area contributed by atoms with Gasteiger partial charge in [-0.1, -0.05) is 5.92 Å². The van der Waals surface area contributed by atoms with Crippen LogP contribution < -0.4 is 4.74 Å². The molecule has 1 saturated heterocycles. The predicted octanol–water partition coefficient (Wildman–Crippen LogP) is 2.20. The van der Waals surface area contributed by atoms with E-state index in [1.165, 1.54) is 0 Å². The van der Waals surface area contributed by atoms with E-state index in [1.807, 2.05) is 29.2 Å². The standard InChI is InChI=1S/C17H21NO3/c1-3-12-21-13-14-8-10-18(11-9-14)17(19)15-4-6-16(20-2)7-5-15/h1,4-7,14H,8-13H2,2H3. The van der Waals surface area contributed by atoms with Crippen LogP contribution in [0.4, 0.5) is 0 Å². The van der Waals surface area contributed by atoms with Crippen LogP contribution in [0.1, 0.15) is 23.2 Å². The zero-order chi connectivity index (χ0) is 15.1. The summed E-state index contributed by atoms with van der Waals surface area (Å²) < 4.78 is 10.5. The number of carbonyl (C=O) groups excluding carboxylic acids is 1. The summed E-state index contributed by atoms with van der Waals surface area (Å²) in [6.07, 6.45) is 7.08. The minimum atomic E-state index is 0.0839. The highest BCUT2D eigenvalue weighted by molar-refractivity contribution is 5.94. The number of likely N-dealkylation sites (tertiary alicyclic amines) is 1. The smallest absolute Gasteiger partial charge is 0.253 e. The fourth-order valence-electron chi connectivity index (χ4n) is 2.50. The predicted molar refractivity (Wildman–Crippen MR) is 81.3 cm³/mol. The second kappa shape index (κ2) is 7.70.